The van der Waals surface area contributed by atoms with E-state index in [1.807, 2.05) is 13.8 Å². The molecular formula is C12H22N2O4. The van der Waals surface area contributed by atoms with Crippen LogP contribution >= 0.6 is 0 Å². The second kappa shape index (κ2) is 7.33. The van der Waals surface area contributed by atoms with Crippen LogP contribution in [-0.4, -0.2) is 67.8 Å². The SMILES string of the molecule is CCOC(CCN1CC(=O)N(C)CC1=O)OCC. The van der Waals surface area contributed by atoms with Gasteiger partial charge in [-0.1, -0.05) is 0 Å². The zero-order valence-corrected chi connectivity index (χ0v) is 11.3. The van der Waals surface area contributed by atoms with Crippen LogP contribution < -0.4 is 0 Å². The first-order valence-electron chi connectivity index (χ1n) is 6.33. The molecule has 0 spiro atoms. The molecule has 0 radical (unpaired) electrons. The van der Waals surface area contributed by atoms with Gasteiger partial charge in [0.1, 0.15) is 0 Å². The normalized spacial score (nSPS) is 16.9. The molecule has 2 amide bonds. The molecule has 0 aromatic rings. The zero-order valence-electron chi connectivity index (χ0n) is 11.3. The van der Waals surface area contributed by atoms with Gasteiger partial charge in [0.05, 0.1) is 13.1 Å². The third-order valence-corrected chi connectivity index (χ3v) is 2.82. The maximum atomic E-state index is 11.7. The van der Waals surface area contributed by atoms with Crippen LogP contribution in [0.2, 0.25) is 0 Å². The van der Waals surface area contributed by atoms with E-state index in [1.165, 1.54) is 4.90 Å². The summed E-state index contributed by atoms with van der Waals surface area (Å²) >= 11 is 0. The van der Waals surface area contributed by atoms with Crippen LogP contribution in [-0.2, 0) is 19.1 Å². The Kier molecular flexibility index (Phi) is 6.07. The van der Waals surface area contributed by atoms with E-state index in [0.717, 1.165) is 0 Å². The van der Waals surface area contributed by atoms with E-state index in [0.29, 0.717) is 26.2 Å². The summed E-state index contributed by atoms with van der Waals surface area (Å²) in [6.07, 6.45) is 0.285. The number of hydrogen-bond acceptors (Lipinski definition) is 4. The lowest BCUT2D eigenvalue weighted by atomic mass is 10.2. The summed E-state index contributed by atoms with van der Waals surface area (Å²) in [5, 5.41) is 0. The van der Waals surface area contributed by atoms with E-state index in [-0.39, 0.29) is 31.2 Å². The lowest BCUT2D eigenvalue weighted by Gasteiger charge is -2.32. The van der Waals surface area contributed by atoms with E-state index >= 15 is 0 Å². The maximum Gasteiger partial charge on any atom is 0.242 e. The summed E-state index contributed by atoms with van der Waals surface area (Å²) in [5.74, 6) is -0.0529. The Hall–Kier alpha value is -1.14. The summed E-state index contributed by atoms with van der Waals surface area (Å²) in [5.41, 5.74) is 0. The molecule has 0 unspecified atom stereocenters. The van der Waals surface area contributed by atoms with Crippen molar-refractivity contribution in [1.82, 2.24) is 9.80 Å². The fourth-order valence-corrected chi connectivity index (χ4v) is 1.81. The van der Waals surface area contributed by atoms with Crippen LogP contribution in [0.1, 0.15) is 20.3 Å². The van der Waals surface area contributed by atoms with Gasteiger partial charge in [-0.2, -0.15) is 0 Å². The molecule has 0 atom stereocenters. The maximum absolute atomic E-state index is 11.7. The Morgan fingerprint density at radius 2 is 1.72 bits per heavy atom. The Labute approximate surface area is 108 Å². The number of rotatable bonds is 7. The summed E-state index contributed by atoms with van der Waals surface area (Å²) in [6.45, 7) is 5.74. The molecule has 1 rings (SSSR count). The van der Waals surface area contributed by atoms with Crippen LogP contribution in [0, 0.1) is 0 Å². The third kappa shape index (κ3) is 4.27. The Bertz CT molecular complexity index is 290. The Morgan fingerprint density at radius 1 is 1.11 bits per heavy atom. The summed E-state index contributed by atoms with van der Waals surface area (Å²) in [7, 11) is 1.64. The molecule has 1 aliphatic heterocycles. The highest BCUT2D eigenvalue weighted by atomic mass is 16.7. The number of hydrogen-bond donors (Lipinski definition) is 0. The molecule has 0 saturated carbocycles. The number of nitrogens with zero attached hydrogens (tertiary/aromatic N) is 2. The second-order valence-electron chi connectivity index (χ2n) is 4.19. The van der Waals surface area contributed by atoms with Gasteiger partial charge in [0.25, 0.3) is 0 Å². The second-order valence-corrected chi connectivity index (χ2v) is 4.19. The summed E-state index contributed by atoms with van der Waals surface area (Å²) in [4.78, 5) is 26.3. The summed E-state index contributed by atoms with van der Waals surface area (Å²) < 4.78 is 10.8. The van der Waals surface area contributed by atoms with Crippen molar-refractivity contribution in [3.63, 3.8) is 0 Å². The van der Waals surface area contributed by atoms with Crippen LogP contribution in [0.25, 0.3) is 0 Å². The smallest absolute Gasteiger partial charge is 0.242 e. The topological polar surface area (TPSA) is 59.1 Å². The van der Waals surface area contributed by atoms with Crippen LogP contribution in [0.5, 0.6) is 0 Å². The van der Waals surface area contributed by atoms with E-state index in [1.54, 1.807) is 11.9 Å². The van der Waals surface area contributed by atoms with Crippen molar-refractivity contribution in [2.45, 2.75) is 26.6 Å². The van der Waals surface area contributed by atoms with Crippen molar-refractivity contribution >= 4 is 11.8 Å². The van der Waals surface area contributed by atoms with Crippen molar-refractivity contribution in [3.05, 3.63) is 0 Å². The predicted molar refractivity (Wildman–Crippen MR) is 65.9 cm³/mol. The molecule has 1 fully saturated rings. The number of piperazine rings is 1. The van der Waals surface area contributed by atoms with Crippen molar-refractivity contribution in [1.29, 1.82) is 0 Å². The minimum Gasteiger partial charge on any atom is -0.353 e. The van der Waals surface area contributed by atoms with E-state index in [9.17, 15) is 9.59 Å². The highest BCUT2D eigenvalue weighted by Gasteiger charge is 2.27. The molecule has 0 bridgehead atoms. The van der Waals surface area contributed by atoms with Gasteiger partial charge in [0.2, 0.25) is 11.8 Å². The standard InChI is InChI=1S/C12H22N2O4/c1-4-17-12(18-5-2)6-7-14-9-10(15)13(3)8-11(14)16/h12H,4-9H2,1-3H3. The number of ether oxygens (including phenoxy) is 2. The van der Waals surface area contributed by atoms with E-state index < -0.39 is 0 Å². The Balaban J connectivity index is 2.41. The Morgan fingerprint density at radius 3 is 2.28 bits per heavy atom. The van der Waals surface area contributed by atoms with E-state index in [2.05, 4.69) is 0 Å². The average molecular weight is 258 g/mol. The number of likely N-dealkylation sites (N-methyl/N-ethyl adjacent to an activating group) is 1. The average Bonchev–Trinajstić information content (AvgIpc) is 2.32. The van der Waals surface area contributed by atoms with E-state index in [4.69, 9.17) is 9.47 Å². The van der Waals surface area contributed by atoms with Gasteiger partial charge >= 0.3 is 0 Å². The molecule has 0 aromatic carbocycles. The quantitative estimate of drug-likeness (QED) is 0.607. The zero-order chi connectivity index (χ0) is 13.5. The van der Waals surface area contributed by atoms with Gasteiger partial charge in [-0.05, 0) is 13.8 Å². The molecule has 6 nitrogen and oxygen atoms in total. The molecular weight excluding hydrogens is 236 g/mol. The lowest BCUT2D eigenvalue weighted by molar-refractivity contribution is -0.155. The number of amides is 2. The highest BCUT2D eigenvalue weighted by molar-refractivity contribution is 5.92. The molecule has 1 aliphatic rings. The van der Waals surface area contributed by atoms with Crippen LogP contribution in [0.15, 0.2) is 0 Å². The van der Waals surface area contributed by atoms with Crippen LogP contribution in [0.4, 0.5) is 0 Å². The third-order valence-electron chi connectivity index (χ3n) is 2.82. The first-order valence-corrected chi connectivity index (χ1v) is 6.33. The molecule has 18 heavy (non-hydrogen) atoms. The van der Waals surface area contributed by atoms with Gasteiger partial charge < -0.3 is 19.3 Å². The van der Waals surface area contributed by atoms with Crippen molar-refractivity contribution in [2.75, 3.05) is 39.9 Å². The molecule has 6 heteroatoms. The number of carbonyl (C=O) groups is 2. The van der Waals surface area contributed by atoms with Gasteiger partial charge in [-0.3, -0.25) is 9.59 Å². The predicted octanol–water partition coefficient (Wildman–Crippen LogP) is 0.0762. The fourth-order valence-electron chi connectivity index (χ4n) is 1.81. The van der Waals surface area contributed by atoms with Gasteiger partial charge in [0.15, 0.2) is 6.29 Å². The highest BCUT2D eigenvalue weighted by Crippen LogP contribution is 2.07. The monoisotopic (exact) mass is 258 g/mol. The molecule has 0 N–H and O–H groups in total. The van der Waals surface area contributed by atoms with Gasteiger partial charge in [0, 0.05) is 33.2 Å². The number of carbonyl (C=O) groups excluding carboxylic acids is 2. The van der Waals surface area contributed by atoms with Crippen molar-refractivity contribution < 1.29 is 19.1 Å². The largest absolute Gasteiger partial charge is 0.353 e. The minimum atomic E-state index is -0.303. The lowest BCUT2D eigenvalue weighted by Crippen LogP contribution is -2.52. The molecule has 0 aromatic heterocycles. The first-order chi connectivity index (χ1) is 8.58. The van der Waals surface area contributed by atoms with Crippen molar-refractivity contribution in [2.24, 2.45) is 0 Å². The molecule has 1 heterocycles. The molecule has 1 saturated heterocycles. The minimum absolute atomic E-state index is 0.0242. The molecule has 104 valence electrons. The van der Waals surface area contributed by atoms with Crippen LogP contribution in [0.3, 0.4) is 0 Å². The summed E-state index contributed by atoms with van der Waals surface area (Å²) in [6, 6.07) is 0. The van der Waals surface area contributed by atoms with Gasteiger partial charge in [-0.15, -0.1) is 0 Å². The van der Waals surface area contributed by atoms with Crippen molar-refractivity contribution in [3.8, 4) is 0 Å². The van der Waals surface area contributed by atoms with Gasteiger partial charge in [-0.25, -0.2) is 0 Å². The first kappa shape index (κ1) is 14.9. The molecule has 0 aliphatic carbocycles. The fraction of sp³-hybridized carbons (Fsp3) is 0.833.